The summed E-state index contributed by atoms with van der Waals surface area (Å²) >= 11 is 0. The van der Waals surface area contributed by atoms with Gasteiger partial charge in [0.2, 0.25) is 0 Å². The first-order valence-electron chi connectivity index (χ1n) is 9.68. The van der Waals surface area contributed by atoms with Crippen molar-refractivity contribution in [2.75, 3.05) is 0 Å². The van der Waals surface area contributed by atoms with Crippen molar-refractivity contribution in [1.29, 1.82) is 0 Å². The van der Waals surface area contributed by atoms with Gasteiger partial charge in [0.1, 0.15) is 0 Å². The summed E-state index contributed by atoms with van der Waals surface area (Å²) < 4.78 is 0. The van der Waals surface area contributed by atoms with E-state index in [1.54, 1.807) is 0 Å². The SMILES string of the molecule is C[C@]12CC[C@@H](O)C[C@H]1CC[C@H]1[C@@H]2CC[C@]2(C)[C@H]1CC[C@]2(C)O. The molecule has 22 heavy (non-hydrogen) atoms. The maximum Gasteiger partial charge on any atom is 0.0675 e. The zero-order chi connectivity index (χ0) is 15.8. The molecular formula is C20H34O2. The molecule has 0 aromatic carbocycles. The lowest BCUT2D eigenvalue weighted by Crippen LogP contribution is -2.56. The topological polar surface area (TPSA) is 40.5 Å². The number of fused-ring (bicyclic) bond motifs is 5. The molecule has 0 heterocycles. The minimum atomic E-state index is -0.455. The van der Waals surface area contributed by atoms with Crippen molar-refractivity contribution in [3.05, 3.63) is 0 Å². The standard InChI is InChI=1S/C20H34O2/c1-18-9-6-14(21)12-13(18)4-5-15-16(18)7-10-19(2)17(15)8-11-20(19,3)22/h13-17,21-22H,4-12H2,1-3H3/t13-,14-,15+,16+,17+,18+,19-,20+/m1/s1. The van der Waals surface area contributed by atoms with Crippen LogP contribution in [0.25, 0.3) is 0 Å². The quantitative estimate of drug-likeness (QED) is 0.706. The molecule has 2 nitrogen and oxygen atoms in total. The highest BCUT2D eigenvalue weighted by molar-refractivity contribution is 5.12. The zero-order valence-corrected chi connectivity index (χ0v) is 14.6. The van der Waals surface area contributed by atoms with Gasteiger partial charge in [-0.1, -0.05) is 13.8 Å². The molecule has 4 saturated carbocycles. The average Bonchev–Trinajstić information content (AvgIpc) is 2.70. The van der Waals surface area contributed by atoms with Crippen LogP contribution in [0.5, 0.6) is 0 Å². The third kappa shape index (κ3) is 1.86. The lowest BCUT2D eigenvalue weighted by Gasteiger charge is -2.61. The van der Waals surface area contributed by atoms with Gasteiger partial charge in [-0.05, 0) is 99.2 Å². The molecule has 4 fully saturated rings. The summed E-state index contributed by atoms with van der Waals surface area (Å²) in [7, 11) is 0. The van der Waals surface area contributed by atoms with Crippen molar-refractivity contribution in [1.82, 2.24) is 0 Å². The van der Waals surface area contributed by atoms with Gasteiger partial charge in [-0.2, -0.15) is 0 Å². The van der Waals surface area contributed by atoms with E-state index in [2.05, 4.69) is 20.8 Å². The Balaban J connectivity index is 1.64. The Morgan fingerprint density at radius 1 is 0.818 bits per heavy atom. The molecule has 0 radical (unpaired) electrons. The predicted octanol–water partition coefficient (Wildman–Crippen LogP) is 4.14. The fourth-order valence-corrected chi connectivity index (χ4v) is 7.48. The fraction of sp³-hybridized carbons (Fsp3) is 1.00. The maximum atomic E-state index is 10.9. The summed E-state index contributed by atoms with van der Waals surface area (Å²) in [4.78, 5) is 0. The van der Waals surface area contributed by atoms with Crippen LogP contribution < -0.4 is 0 Å². The highest BCUT2D eigenvalue weighted by atomic mass is 16.3. The van der Waals surface area contributed by atoms with Crippen LogP contribution >= 0.6 is 0 Å². The molecule has 0 spiro atoms. The Morgan fingerprint density at radius 3 is 2.32 bits per heavy atom. The summed E-state index contributed by atoms with van der Waals surface area (Å²) in [6.07, 6.45) is 10.6. The van der Waals surface area contributed by atoms with Crippen LogP contribution in [0.4, 0.5) is 0 Å². The van der Waals surface area contributed by atoms with E-state index in [1.807, 2.05) is 0 Å². The Hall–Kier alpha value is -0.0800. The second-order valence-corrected chi connectivity index (χ2v) is 9.85. The zero-order valence-electron chi connectivity index (χ0n) is 14.6. The minimum Gasteiger partial charge on any atom is -0.393 e. The fourth-order valence-electron chi connectivity index (χ4n) is 7.48. The van der Waals surface area contributed by atoms with Crippen molar-refractivity contribution < 1.29 is 10.2 Å². The van der Waals surface area contributed by atoms with Gasteiger partial charge in [0.15, 0.2) is 0 Å². The van der Waals surface area contributed by atoms with Crippen LogP contribution in [0.1, 0.15) is 78.6 Å². The van der Waals surface area contributed by atoms with Gasteiger partial charge in [0.05, 0.1) is 11.7 Å². The van der Waals surface area contributed by atoms with Crippen LogP contribution in [0, 0.1) is 34.5 Å². The molecule has 4 rings (SSSR count). The van der Waals surface area contributed by atoms with Crippen LogP contribution in [0.3, 0.4) is 0 Å². The molecule has 0 aliphatic heterocycles. The van der Waals surface area contributed by atoms with Crippen LogP contribution in [-0.4, -0.2) is 21.9 Å². The Bertz CT molecular complexity index is 459. The molecule has 0 amide bonds. The van der Waals surface area contributed by atoms with E-state index >= 15 is 0 Å². The second kappa shape index (κ2) is 4.72. The molecule has 0 bridgehead atoms. The van der Waals surface area contributed by atoms with E-state index < -0.39 is 5.60 Å². The molecular weight excluding hydrogens is 272 g/mol. The smallest absolute Gasteiger partial charge is 0.0675 e. The normalized spacial score (nSPS) is 61.2. The molecule has 4 aliphatic rings. The van der Waals surface area contributed by atoms with Gasteiger partial charge >= 0.3 is 0 Å². The molecule has 0 unspecified atom stereocenters. The van der Waals surface area contributed by atoms with E-state index in [0.717, 1.165) is 42.9 Å². The van der Waals surface area contributed by atoms with Crippen molar-refractivity contribution in [2.45, 2.75) is 90.3 Å². The first-order valence-corrected chi connectivity index (χ1v) is 9.68. The molecule has 0 saturated heterocycles. The summed E-state index contributed by atoms with van der Waals surface area (Å²) in [5.74, 6) is 3.13. The Labute approximate surface area is 135 Å². The minimum absolute atomic E-state index is 0.0457. The van der Waals surface area contributed by atoms with Crippen LogP contribution in [-0.2, 0) is 0 Å². The lowest BCUT2D eigenvalue weighted by molar-refractivity contribution is -0.153. The molecule has 8 atom stereocenters. The summed E-state index contributed by atoms with van der Waals surface area (Å²) in [6, 6.07) is 0. The monoisotopic (exact) mass is 306 g/mol. The number of aliphatic hydroxyl groups excluding tert-OH is 1. The molecule has 4 aliphatic carbocycles. The Kier molecular flexibility index (Phi) is 3.32. The van der Waals surface area contributed by atoms with Crippen molar-refractivity contribution in [3.8, 4) is 0 Å². The van der Waals surface area contributed by atoms with Gasteiger partial charge < -0.3 is 10.2 Å². The Morgan fingerprint density at radius 2 is 1.55 bits per heavy atom. The summed E-state index contributed by atoms with van der Waals surface area (Å²) in [5.41, 5.74) is 0.145. The third-order valence-corrected chi connectivity index (χ3v) is 9.20. The van der Waals surface area contributed by atoms with E-state index in [1.165, 1.54) is 38.5 Å². The average molecular weight is 306 g/mol. The van der Waals surface area contributed by atoms with Crippen LogP contribution in [0.15, 0.2) is 0 Å². The van der Waals surface area contributed by atoms with Gasteiger partial charge in [-0.3, -0.25) is 0 Å². The third-order valence-electron chi connectivity index (χ3n) is 9.20. The van der Waals surface area contributed by atoms with Crippen molar-refractivity contribution in [2.24, 2.45) is 34.5 Å². The summed E-state index contributed by atoms with van der Waals surface area (Å²) in [6.45, 7) is 7.01. The number of hydrogen-bond acceptors (Lipinski definition) is 2. The van der Waals surface area contributed by atoms with Crippen molar-refractivity contribution >= 4 is 0 Å². The first-order chi connectivity index (χ1) is 10.3. The molecule has 0 aromatic rings. The van der Waals surface area contributed by atoms with Gasteiger partial charge in [-0.25, -0.2) is 0 Å². The second-order valence-electron chi connectivity index (χ2n) is 9.85. The first kappa shape index (κ1) is 15.4. The van der Waals surface area contributed by atoms with Gasteiger partial charge in [0, 0.05) is 0 Å². The van der Waals surface area contributed by atoms with Crippen LogP contribution in [0.2, 0.25) is 0 Å². The molecule has 2 heteroatoms. The van der Waals surface area contributed by atoms with Crippen molar-refractivity contribution in [3.63, 3.8) is 0 Å². The molecule has 0 aromatic heterocycles. The highest BCUT2D eigenvalue weighted by Crippen LogP contribution is 2.68. The largest absolute Gasteiger partial charge is 0.393 e. The van der Waals surface area contributed by atoms with E-state index in [4.69, 9.17) is 0 Å². The molecule has 2 N–H and O–H groups in total. The predicted molar refractivity (Wildman–Crippen MR) is 88.4 cm³/mol. The number of aliphatic hydroxyl groups is 2. The maximum absolute atomic E-state index is 10.9. The summed E-state index contributed by atoms with van der Waals surface area (Å²) in [5, 5.41) is 21.0. The lowest BCUT2D eigenvalue weighted by atomic mass is 9.44. The highest BCUT2D eigenvalue weighted by Gasteiger charge is 2.63. The van der Waals surface area contributed by atoms with E-state index in [0.29, 0.717) is 5.41 Å². The van der Waals surface area contributed by atoms with E-state index in [-0.39, 0.29) is 11.5 Å². The van der Waals surface area contributed by atoms with E-state index in [9.17, 15) is 10.2 Å². The van der Waals surface area contributed by atoms with Gasteiger partial charge in [0.25, 0.3) is 0 Å². The molecule has 126 valence electrons. The number of rotatable bonds is 0. The van der Waals surface area contributed by atoms with Gasteiger partial charge in [-0.15, -0.1) is 0 Å². The number of hydrogen-bond donors (Lipinski definition) is 2.